The lowest BCUT2D eigenvalue weighted by molar-refractivity contribution is 0.464. The molecule has 0 aliphatic heterocycles. The Hall–Kier alpha value is -1.07. The zero-order chi connectivity index (χ0) is 13.2. The molecule has 1 aliphatic carbocycles. The highest BCUT2D eigenvalue weighted by molar-refractivity contribution is 7.89. The van der Waals surface area contributed by atoms with Crippen LogP contribution in [0.4, 0.5) is 5.69 Å². The van der Waals surface area contributed by atoms with Gasteiger partial charge in [-0.2, -0.15) is 4.31 Å². The van der Waals surface area contributed by atoms with Crippen molar-refractivity contribution in [3.05, 3.63) is 24.3 Å². The van der Waals surface area contributed by atoms with Crippen molar-refractivity contribution in [2.75, 3.05) is 18.9 Å². The third-order valence-corrected chi connectivity index (χ3v) is 5.14. The Balaban J connectivity index is 2.31. The molecule has 18 heavy (non-hydrogen) atoms. The molecule has 1 saturated carbocycles. The summed E-state index contributed by atoms with van der Waals surface area (Å²) in [5, 5.41) is 3.18. The van der Waals surface area contributed by atoms with E-state index in [1.165, 1.54) is 4.31 Å². The average molecular weight is 268 g/mol. The molecule has 1 fully saturated rings. The molecule has 1 aliphatic rings. The van der Waals surface area contributed by atoms with Gasteiger partial charge in [0.25, 0.3) is 0 Å². The summed E-state index contributed by atoms with van der Waals surface area (Å²) in [5.74, 6) is 0. The van der Waals surface area contributed by atoms with Gasteiger partial charge in [0.2, 0.25) is 10.0 Å². The molecule has 0 spiro atoms. The van der Waals surface area contributed by atoms with Crippen molar-refractivity contribution in [3.63, 3.8) is 0 Å². The standard InChI is InChI=1S/C13H20N2O2S/c1-3-10-14-12-6-4-5-7-13(12)18(16,17)15(2)11-8-9-11/h4-7,11,14H,3,8-10H2,1-2H3. The Morgan fingerprint density at radius 1 is 1.33 bits per heavy atom. The van der Waals surface area contributed by atoms with Gasteiger partial charge >= 0.3 is 0 Å². The van der Waals surface area contributed by atoms with Crippen molar-refractivity contribution in [1.82, 2.24) is 4.31 Å². The number of hydrogen-bond acceptors (Lipinski definition) is 3. The van der Waals surface area contributed by atoms with E-state index < -0.39 is 10.0 Å². The number of benzene rings is 1. The molecule has 4 nitrogen and oxygen atoms in total. The molecule has 100 valence electrons. The largest absolute Gasteiger partial charge is 0.384 e. The van der Waals surface area contributed by atoms with Crippen molar-refractivity contribution in [3.8, 4) is 0 Å². The van der Waals surface area contributed by atoms with Crippen LogP contribution in [0.1, 0.15) is 26.2 Å². The van der Waals surface area contributed by atoms with E-state index in [0.29, 0.717) is 10.6 Å². The monoisotopic (exact) mass is 268 g/mol. The lowest BCUT2D eigenvalue weighted by Crippen LogP contribution is -2.29. The van der Waals surface area contributed by atoms with E-state index >= 15 is 0 Å². The van der Waals surface area contributed by atoms with E-state index in [1.54, 1.807) is 19.2 Å². The van der Waals surface area contributed by atoms with Crippen molar-refractivity contribution in [1.29, 1.82) is 0 Å². The second-order valence-corrected chi connectivity index (χ2v) is 6.64. The van der Waals surface area contributed by atoms with Crippen molar-refractivity contribution < 1.29 is 8.42 Å². The number of hydrogen-bond donors (Lipinski definition) is 1. The SMILES string of the molecule is CCCNc1ccccc1S(=O)(=O)N(C)C1CC1. The fourth-order valence-electron chi connectivity index (χ4n) is 1.89. The van der Waals surface area contributed by atoms with Gasteiger partial charge in [0.1, 0.15) is 4.90 Å². The molecule has 5 heteroatoms. The normalized spacial score (nSPS) is 15.9. The Labute approximate surface area is 109 Å². The summed E-state index contributed by atoms with van der Waals surface area (Å²) in [6, 6.07) is 7.31. The third-order valence-electron chi connectivity index (χ3n) is 3.17. The number of rotatable bonds is 6. The van der Waals surface area contributed by atoms with E-state index in [9.17, 15) is 8.42 Å². The molecular formula is C13H20N2O2S. The van der Waals surface area contributed by atoms with Crippen LogP contribution in [-0.2, 0) is 10.0 Å². The molecule has 0 heterocycles. The summed E-state index contributed by atoms with van der Waals surface area (Å²) in [7, 11) is -1.70. The molecule has 0 atom stereocenters. The van der Waals surface area contributed by atoms with Crippen LogP contribution >= 0.6 is 0 Å². The first-order chi connectivity index (χ1) is 8.57. The van der Waals surface area contributed by atoms with Crippen molar-refractivity contribution in [2.24, 2.45) is 0 Å². The highest BCUT2D eigenvalue weighted by Gasteiger charge is 2.35. The van der Waals surface area contributed by atoms with Crippen LogP contribution in [0.3, 0.4) is 0 Å². The van der Waals surface area contributed by atoms with Gasteiger partial charge < -0.3 is 5.32 Å². The van der Waals surface area contributed by atoms with Crippen LogP contribution in [0.2, 0.25) is 0 Å². The van der Waals surface area contributed by atoms with Gasteiger partial charge in [-0.3, -0.25) is 0 Å². The Kier molecular flexibility index (Phi) is 3.92. The molecule has 1 N–H and O–H groups in total. The fourth-order valence-corrected chi connectivity index (χ4v) is 3.47. The minimum atomic E-state index is -3.37. The average Bonchev–Trinajstić information content (AvgIpc) is 3.20. The topological polar surface area (TPSA) is 49.4 Å². The second-order valence-electron chi connectivity index (χ2n) is 4.68. The summed E-state index contributed by atoms with van der Waals surface area (Å²) in [5.41, 5.74) is 0.701. The highest BCUT2D eigenvalue weighted by atomic mass is 32.2. The maximum atomic E-state index is 12.5. The number of nitrogens with zero attached hydrogens (tertiary/aromatic N) is 1. The van der Waals surface area contributed by atoms with Gasteiger partial charge in [-0.25, -0.2) is 8.42 Å². The maximum absolute atomic E-state index is 12.5. The van der Waals surface area contributed by atoms with Crippen LogP contribution in [-0.4, -0.2) is 32.4 Å². The molecule has 0 bridgehead atoms. The van der Waals surface area contributed by atoms with Gasteiger partial charge in [-0.15, -0.1) is 0 Å². The molecule has 0 aromatic heterocycles. The van der Waals surface area contributed by atoms with Crippen LogP contribution in [0.15, 0.2) is 29.2 Å². The first-order valence-corrected chi connectivity index (χ1v) is 7.82. The fraction of sp³-hybridized carbons (Fsp3) is 0.538. The zero-order valence-electron chi connectivity index (χ0n) is 10.9. The smallest absolute Gasteiger partial charge is 0.245 e. The highest BCUT2D eigenvalue weighted by Crippen LogP contribution is 2.32. The predicted octanol–water partition coefficient (Wildman–Crippen LogP) is 2.29. The lowest BCUT2D eigenvalue weighted by Gasteiger charge is -2.19. The van der Waals surface area contributed by atoms with E-state index in [0.717, 1.165) is 25.8 Å². The van der Waals surface area contributed by atoms with Crippen LogP contribution in [0.25, 0.3) is 0 Å². The molecule has 0 unspecified atom stereocenters. The summed E-state index contributed by atoms with van der Waals surface area (Å²) in [6.45, 7) is 2.83. The Morgan fingerprint density at radius 3 is 2.61 bits per heavy atom. The minimum absolute atomic E-state index is 0.189. The molecule has 2 rings (SSSR count). The van der Waals surface area contributed by atoms with E-state index in [4.69, 9.17) is 0 Å². The van der Waals surface area contributed by atoms with Crippen molar-refractivity contribution in [2.45, 2.75) is 37.1 Å². The molecule has 0 amide bonds. The number of para-hydroxylation sites is 1. The summed E-state index contributed by atoms with van der Waals surface area (Å²) >= 11 is 0. The molecule has 1 aromatic carbocycles. The van der Waals surface area contributed by atoms with Crippen LogP contribution < -0.4 is 5.32 Å². The van der Waals surface area contributed by atoms with E-state index in [1.807, 2.05) is 12.1 Å². The zero-order valence-corrected chi connectivity index (χ0v) is 11.7. The van der Waals surface area contributed by atoms with Gasteiger partial charge in [-0.05, 0) is 31.4 Å². The number of sulfonamides is 1. The second kappa shape index (κ2) is 5.28. The van der Waals surface area contributed by atoms with Gasteiger partial charge in [-0.1, -0.05) is 19.1 Å². The van der Waals surface area contributed by atoms with Crippen LogP contribution in [0.5, 0.6) is 0 Å². The lowest BCUT2D eigenvalue weighted by atomic mass is 10.3. The summed E-state index contributed by atoms with van der Waals surface area (Å²) in [4.78, 5) is 0.382. The maximum Gasteiger partial charge on any atom is 0.245 e. The number of anilines is 1. The van der Waals surface area contributed by atoms with E-state index in [2.05, 4.69) is 12.2 Å². The molecule has 0 radical (unpaired) electrons. The van der Waals surface area contributed by atoms with Crippen LogP contribution in [0, 0.1) is 0 Å². The number of nitrogens with one attached hydrogen (secondary N) is 1. The Morgan fingerprint density at radius 2 is 2.00 bits per heavy atom. The molecular weight excluding hydrogens is 248 g/mol. The quantitative estimate of drug-likeness (QED) is 0.861. The van der Waals surface area contributed by atoms with Crippen molar-refractivity contribution >= 4 is 15.7 Å². The Bertz CT molecular complexity index is 509. The van der Waals surface area contributed by atoms with Gasteiger partial charge in [0.15, 0.2) is 0 Å². The predicted molar refractivity (Wildman–Crippen MR) is 73.2 cm³/mol. The summed E-state index contributed by atoms with van der Waals surface area (Å²) in [6.07, 6.45) is 2.91. The minimum Gasteiger partial charge on any atom is -0.384 e. The van der Waals surface area contributed by atoms with Gasteiger partial charge in [0.05, 0.1) is 5.69 Å². The molecule has 0 saturated heterocycles. The third kappa shape index (κ3) is 2.67. The summed E-state index contributed by atoms with van der Waals surface area (Å²) < 4.78 is 26.5. The first-order valence-electron chi connectivity index (χ1n) is 6.38. The first kappa shape index (κ1) is 13.4. The molecule has 1 aromatic rings. The van der Waals surface area contributed by atoms with E-state index in [-0.39, 0.29) is 6.04 Å². The van der Waals surface area contributed by atoms with Gasteiger partial charge in [0, 0.05) is 19.6 Å².